The highest BCUT2D eigenvalue weighted by molar-refractivity contribution is 6.18. The molecule has 0 atom stereocenters. The van der Waals surface area contributed by atoms with Crippen LogP contribution in [0.2, 0.25) is 0 Å². The largest absolute Gasteiger partial charge is 0.0616 e. The molecule has 0 saturated carbocycles. The molecule has 0 heteroatoms. The highest BCUT2D eigenvalue weighted by Gasteiger charge is 2.24. The fraction of sp³-hybridized carbons (Fsp3) is 0.0345. The summed E-state index contributed by atoms with van der Waals surface area (Å²) >= 11 is 0. The Labute approximate surface area is 169 Å². The molecule has 29 heavy (non-hydrogen) atoms. The lowest BCUT2D eigenvalue weighted by Crippen LogP contribution is -1.87. The monoisotopic (exact) mass is 366 g/mol. The van der Waals surface area contributed by atoms with E-state index in [0.717, 1.165) is 6.42 Å². The summed E-state index contributed by atoms with van der Waals surface area (Å²) in [4.78, 5) is 0. The number of benzene rings is 6. The minimum absolute atomic E-state index is 1.01. The number of fused-ring (bicyclic) bond motifs is 10. The lowest BCUT2D eigenvalue weighted by Gasteiger charge is -2.12. The average molecular weight is 366 g/mol. The van der Waals surface area contributed by atoms with Crippen molar-refractivity contribution in [2.24, 2.45) is 0 Å². The van der Waals surface area contributed by atoms with Gasteiger partial charge in [0, 0.05) is 0 Å². The molecular formula is C29H18. The van der Waals surface area contributed by atoms with Gasteiger partial charge >= 0.3 is 0 Å². The van der Waals surface area contributed by atoms with E-state index in [-0.39, 0.29) is 0 Å². The van der Waals surface area contributed by atoms with Gasteiger partial charge in [0.25, 0.3) is 0 Å². The lowest BCUT2D eigenvalue weighted by atomic mass is 9.91. The smallest absolute Gasteiger partial charge is 0.000683 e. The molecule has 0 saturated heterocycles. The molecule has 0 aromatic heterocycles. The van der Waals surface area contributed by atoms with Gasteiger partial charge in [0.2, 0.25) is 0 Å². The molecular weight excluding hydrogens is 348 g/mol. The van der Waals surface area contributed by atoms with Gasteiger partial charge in [-0.05, 0) is 90.0 Å². The van der Waals surface area contributed by atoms with Crippen molar-refractivity contribution in [1.82, 2.24) is 0 Å². The van der Waals surface area contributed by atoms with Crippen molar-refractivity contribution >= 4 is 43.1 Å². The van der Waals surface area contributed by atoms with Crippen molar-refractivity contribution in [3.05, 3.63) is 108 Å². The minimum atomic E-state index is 1.01. The Bertz CT molecular complexity index is 1620. The van der Waals surface area contributed by atoms with Crippen molar-refractivity contribution < 1.29 is 0 Å². The van der Waals surface area contributed by atoms with E-state index in [1.807, 2.05) is 0 Å². The van der Waals surface area contributed by atoms with Gasteiger partial charge in [0.15, 0.2) is 0 Å². The Balaban J connectivity index is 1.63. The van der Waals surface area contributed by atoms with Gasteiger partial charge in [-0.2, -0.15) is 0 Å². The second kappa shape index (κ2) is 5.46. The van der Waals surface area contributed by atoms with Crippen molar-refractivity contribution in [2.75, 3.05) is 0 Å². The van der Waals surface area contributed by atoms with Crippen LogP contribution in [0.15, 0.2) is 97.1 Å². The van der Waals surface area contributed by atoms with Gasteiger partial charge in [0.1, 0.15) is 0 Å². The first-order valence-electron chi connectivity index (χ1n) is 10.2. The van der Waals surface area contributed by atoms with E-state index in [4.69, 9.17) is 0 Å². The van der Waals surface area contributed by atoms with E-state index < -0.39 is 0 Å². The molecule has 6 aromatic carbocycles. The molecule has 0 nitrogen and oxygen atoms in total. The molecule has 1 aliphatic carbocycles. The Morgan fingerprint density at radius 3 is 1.72 bits per heavy atom. The Hall–Kier alpha value is -3.64. The summed E-state index contributed by atoms with van der Waals surface area (Å²) in [6.45, 7) is 0. The molecule has 0 fully saturated rings. The standard InChI is InChI=1S/C29H18/c1-2-8-19-14-21-16-27-22(15-20(21)13-18(19)7-1)17-28-25-11-4-3-9-23(25)24-10-5-6-12-26(24)29(27)28/h1-16H,17H2. The zero-order chi connectivity index (χ0) is 18.9. The van der Waals surface area contributed by atoms with E-state index in [1.165, 1.54) is 65.3 Å². The predicted octanol–water partition coefficient (Wildman–Crippen LogP) is 7.87. The Morgan fingerprint density at radius 2 is 1.00 bits per heavy atom. The maximum atomic E-state index is 2.42. The van der Waals surface area contributed by atoms with E-state index in [2.05, 4.69) is 97.1 Å². The maximum Gasteiger partial charge on any atom is -0.000683 e. The first kappa shape index (κ1) is 15.3. The molecule has 0 spiro atoms. The Morgan fingerprint density at radius 1 is 0.448 bits per heavy atom. The molecule has 0 heterocycles. The summed E-state index contributed by atoms with van der Waals surface area (Å²) in [6.07, 6.45) is 1.01. The normalized spacial score (nSPS) is 12.7. The molecule has 134 valence electrons. The third-order valence-corrected chi connectivity index (χ3v) is 6.60. The van der Waals surface area contributed by atoms with Gasteiger partial charge in [0.05, 0.1) is 0 Å². The average Bonchev–Trinajstić information content (AvgIpc) is 3.15. The van der Waals surface area contributed by atoms with Crippen molar-refractivity contribution in [3.8, 4) is 11.1 Å². The van der Waals surface area contributed by atoms with Crippen LogP contribution in [-0.4, -0.2) is 0 Å². The van der Waals surface area contributed by atoms with Crippen molar-refractivity contribution in [3.63, 3.8) is 0 Å². The summed E-state index contributed by atoms with van der Waals surface area (Å²) in [5.74, 6) is 0. The van der Waals surface area contributed by atoms with E-state index in [1.54, 1.807) is 0 Å². The molecule has 0 aliphatic heterocycles. The van der Waals surface area contributed by atoms with Crippen LogP contribution in [0.1, 0.15) is 11.1 Å². The first-order chi connectivity index (χ1) is 14.4. The topological polar surface area (TPSA) is 0 Å². The Kier molecular flexibility index (Phi) is 2.88. The van der Waals surface area contributed by atoms with Crippen molar-refractivity contribution in [1.29, 1.82) is 0 Å². The number of rotatable bonds is 0. The summed E-state index contributed by atoms with van der Waals surface area (Å²) in [7, 11) is 0. The zero-order valence-electron chi connectivity index (χ0n) is 15.9. The van der Waals surface area contributed by atoms with Crippen LogP contribution < -0.4 is 0 Å². The third kappa shape index (κ3) is 2.04. The second-order valence-electron chi connectivity index (χ2n) is 8.18. The predicted molar refractivity (Wildman–Crippen MR) is 125 cm³/mol. The quantitative estimate of drug-likeness (QED) is 0.189. The van der Waals surface area contributed by atoms with Crippen LogP contribution in [0.25, 0.3) is 54.2 Å². The number of hydrogen-bond acceptors (Lipinski definition) is 0. The molecule has 6 aromatic rings. The fourth-order valence-electron chi connectivity index (χ4n) is 5.31. The van der Waals surface area contributed by atoms with Gasteiger partial charge in [-0.15, -0.1) is 0 Å². The molecule has 0 bridgehead atoms. The van der Waals surface area contributed by atoms with Gasteiger partial charge in [-0.1, -0.05) is 78.9 Å². The maximum absolute atomic E-state index is 2.42. The third-order valence-electron chi connectivity index (χ3n) is 6.60. The van der Waals surface area contributed by atoms with Gasteiger partial charge in [-0.3, -0.25) is 0 Å². The van der Waals surface area contributed by atoms with Gasteiger partial charge < -0.3 is 0 Å². The van der Waals surface area contributed by atoms with Crippen molar-refractivity contribution in [2.45, 2.75) is 6.42 Å². The van der Waals surface area contributed by atoms with E-state index >= 15 is 0 Å². The first-order valence-corrected chi connectivity index (χ1v) is 10.2. The molecule has 0 radical (unpaired) electrons. The SMILES string of the molecule is c1ccc2cc3cc4c(cc3cc2c1)Cc1c-4c2ccccc2c2ccccc12. The molecule has 7 rings (SSSR count). The lowest BCUT2D eigenvalue weighted by molar-refractivity contribution is 1.29. The van der Waals surface area contributed by atoms with Crippen LogP contribution in [-0.2, 0) is 6.42 Å². The summed E-state index contributed by atoms with van der Waals surface area (Å²) < 4.78 is 0. The summed E-state index contributed by atoms with van der Waals surface area (Å²) in [6, 6.07) is 35.9. The molecule has 1 aliphatic rings. The molecule has 0 unspecified atom stereocenters. The highest BCUT2D eigenvalue weighted by Crippen LogP contribution is 2.47. The van der Waals surface area contributed by atoms with Crippen LogP contribution in [0.5, 0.6) is 0 Å². The highest BCUT2D eigenvalue weighted by atomic mass is 14.3. The number of hydrogen-bond donors (Lipinski definition) is 0. The minimum Gasteiger partial charge on any atom is -0.0616 e. The zero-order valence-corrected chi connectivity index (χ0v) is 15.9. The fourth-order valence-corrected chi connectivity index (χ4v) is 5.31. The van der Waals surface area contributed by atoms with E-state index in [0.29, 0.717) is 0 Å². The van der Waals surface area contributed by atoms with Crippen LogP contribution in [0, 0.1) is 0 Å². The molecule has 0 N–H and O–H groups in total. The summed E-state index contributed by atoms with van der Waals surface area (Å²) in [5, 5.41) is 10.8. The van der Waals surface area contributed by atoms with Crippen LogP contribution in [0.3, 0.4) is 0 Å². The van der Waals surface area contributed by atoms with Crippen LogP contribution in [0.4, 0.5) is 0 Å². The molecule has 0 amide bonds. The second-order valence-corrected chi connectivity index (χ2v) is 8.18. The summed E-state index contributed by atoms with van der Waals surface area (Å²) in [5.41, 5.74) is 5.77. The van der Waals surface area contributed by atoms with Crippen LogP contribution >= 0.6 is 0 Å². The van der Waals surface area contributed by atoms with Gasteiger partial charge in [-0.25, -0.2) is 0 Å². The van der Waals surface area contributed by atoms with E-state index in [9.17, 15) is 0 Å².